The Kier molecular flexibility index (Phi) is 3.52. The lowest BCUT2D eigenvalue weighted by atomic mass is 9.74. The first-order valence-corrected chi connectivity index (χ1v) is 5.68. The fourth-order valence-corrected chi connectivity index (χ4v) is 2.81. The van der Waals surface area contributed by atoms with Crippen LogP contribution >= 0.6 is 0 Å². The third-order valence-corrected chi connectivity index (χ3v) is 3.66. The molecule has 0 radical (unpaired) electrons. The van der Waals surface area contributed by atoms with E-state index in [1.54, 1.807) is 0 Å². The molecule has 1 rings (SSSR count). The molecule has 0 amide bonds. The van der Waals surface area contributed by atoms with Gasteiger partial charge in [0.05, 0.1) is 0 Å². The quantitative estimate of drug-likeness (QED) is 0.649. The minimum atomic E-state index is 0.0325. The molecule has 1 fully saturated rings. The monoisotopic (exact) mass is 182 g/mol. The average molecular weight is 182 g/mol. The Morgan fingerprint density at radius 3 is 2.62 bits per heavy atom. The minimum Gasteiger partial charge on any atom is -0.299 e. The van der Waals surface area contributed by atoms with Crippen LogP contribution < -0.4 is 0 Å². The van der Waals surface area contributed by atoms with Gasteiger partial charge in [-0.15, -0.1) is 0 Å². The van der Waals surface area contributed by atoms with Gasteiger partial charge in [0.15, 0.2) is 0 Å². The van der Waals surface area contributed by atoms with Crippen LogP contribution in [0.25, 0.3) is 0 Å². The van der Waals surface area contributed by atoms with Gasteiger partial charge < -0.3 is 0 Å². The number of carbonyl (C=O) groups excluding carboxylic acids is 1. The van der Waals surface area contributed by atoms with Gasteiger partial charge in [0.25, 0.3) is 0 Å². The number of ketones is 1. The highest BCUT2D eigenvalue weighted by atomic mass is 16.1. The molecule has 1 nitrogen and oxygen atoms in total. The van der Waals surface area contributed by atoms with E-state index >= 15 is 0 Å². The van der Waals surface area contributed by atoms with E-state index in [-0.39, 0.29) is 5.41 Å². The molecule has 1 saturated carbocycles. The largest absolute Gasteiger partial charge is 0.299 e. The van der Waals surface area contributed by atoms with Crippen LogP contribution in [0, 0.1) is 11.3 Å². The molecule has 0 spiro atoms. The summed E-state index contributed by atoms with van der Waals surface area (Å²) >= 11 is 0. The molecule has 0 aromatic heterocycles. The molecule has 0 saturated heterocycles. The van der Waals surface area contributed by atoms with Crippen molar-refractivity contribution in [2.45, 2.75) is 59.3 Å². The van der Waals surface area contributed by atoms with Gasteiger partial charge in [-0.25, -0.2) is 0 Å². The smallest absolute Gasteiger partial charge is 0.139 e. The summed E-state index contributed by atoms with van der Waals surface area (Å²) in [6, 6.07) is 0. The standard InChI is InChI=1S/C12H22O/c1-4-6-10-7-8-11(13)12(10,3)9-5-2/h10H,4-9H2,1-3H3. The summed E-state index contributed by atoms with van der Waals surface area (Å²) in [5, 5.41) is 0. The zero-order valence-corrected chi connectivity index (χ0v) is 9.23. The highest BCUT2D eigenvalue weighted by Crippen LogP contribution is 2.45. The van der Waals surface area contributed by atoms with Gasteiger partial charge in [0.2, 0.25) is 0 Å². The van der Waals surface area contributed by atoms with Gasteiger partial charge in [0.1, 0.15) is 5.78 Å². The van der Waals surface area contributed by atoms with E-state index in [1.807, 2.05) is 0 Å². The Morgan fingerprint density at radius 1 is 1.38 bits per heavy atom. The van der Waals surface area contributed by atoms with E-state index in [9.17, 15) is 4.79 Å². The molecule has 2 unspecified atom stereocenters. The van der Waals surface area contributed by atoms with Crippen molar-refractivity contribution in [1.82, 2.24) is 0 Å². The molecule has 1 aliphatic carbocycles. The lowest BCUT2D eigenvalue weighted by Crippen LogP contribution is -2.28. The first-order chi connectivity index (χ1) is 6.15. The molecule has 13 heavy (non-hydrogen) atoms. The fraction of sp³-hybridized carbons (Fsp3) is 0.917. The summed E-state index contributed by atoms with van der Waals surface area (Å²) in [6.07, 6.45) is 6.67. The minimum absolute atomic E-state index is 0.0325. The zero-order chi connectivity index (χ0) is 9.90. The van der Waals surface area contributed by atoms with Gasteiger partial charge in [-0.2, -0.15) is 0 Å². The molecule has 1 heteroatoms. The van der Waals surface area contributed by atoms with Crippen LogP contribution in [0.1, 0.15) is 59.3 Å². The van der Waals surface area contributed by atoms with Crippen molar-refractivity contribution < 1.29 is 4.79 Å². The second-order valence-corrected chi connectivity index (χ2v) is 4.61. The Balaban J connectivity index is 2.68. The molecular formula is C12H22O. The zero-order valence-electron chi connectivity index (χ0n) is 9.23. The average Bonchev–Trinajstić information content (AvgIpc) is 2.34. The van der Waals surface area contributed by atoms with E-state index in [0.29, 0.717) is 11.7 Å². The van der Waals surface area contributed by atoms with E-state index in [1.165, 1.54) is 12.8 Å². The van der Waals surface area contributed by atoms with E-state index in [2.05, 4.69) is 20.8 Å². The highest BCUT2D eigenvalue weighted by molar-refractivity contribution is 5.86. The predicted molar refractivity (Wildman–Crippen MR) is 55.7 cm³/mol. The lowest BCUT2D eigenvalue weighted by molar-refractivity contribution is -0.126. The van der Waals surface area contributed by atoms with E-state index in [4.69, 9.17) is 0 Å². The maximum Gasteiger partial charge on any atom is 0.139 e. The van der Waals surface area contributed by atoms with Crippen molar-refractivity contribution >= 4 is 5.78 Å². The summed E-state index contributed by atoms with van der Waals surface area (Å²) < 4.78 is 0. The van der Waals surface area contributed by atoms with Gasteiger partial charge >= 0.3 is 0 Å². The first-order valence-electron chi connectivity index (χ1n) is 5.68. The Bertz CT molecular complexity index is 186. The molecule has 0 bridgehead atoms. The van der Waals surface area contributed by atoms with Crippen LogP contribution in [0.5, 0.6) is 0 Å². The van der Waals surface area contributed by atoms with Crippen molar-refractivity contribution in [2.75, 3.05) is 0 Å². The molecular weight excluding hydrogens is 160 g/mol. The molecule has 2 atom stereocenters. The summed E-state index contributed by atoms with van der Waals surface area (Å²) in [4.78, 5) is 11.8. The summed E-state index contributed by atoms with van der Waals surface area (Å²) in [6.45, 7) is 6.58. The fourth-order valence-electron chi connectivity index (χ4n) is 2.81. The molecule has 1 aliphatic rings. The van der Waals surface area contributed by atoms with Crippen LogP contribution in [-0.2, 0) is 4.79 Å². The van der Waals surface area contributed by atoms with Gasteiger partial charge in [0, 0.05) is 11.8 Å². The number of hydrogen-bond donors (Lipinski definition) is 0. The van der Waals surface area contributed by atoms with Crippen LogP contribution in [0.15, 0.2) is 0 Å². The number of Topliss-reactive ketones (excluding diaryl/α,β-unsaturated/α-hetero) is 1. The van der Waals surface area contributed by atoms with Crippen LogP contribution in [0.3, 0.4) is 0 Å². The number of carbonyl (C=O) groups is 1. The molecule has 0 aliphatic heterocycles. The topological polar surface area (TPSA) is 17.1 Å². The maximum absolute atomic E-state index is 11.8. The van der Waals surface area contributed by atoms with Crippen LogP contribution in [0.4, 0.5) is 0 Å². The Labute approximate surface area is 81.9 Å². The predicted octanol–water partition coefficient (Wildman–Crippen LogP) is 3.57. The molecule has 0 heterocycles. The normalized spacial score (nSPS) is 34.1. The summed E-state index contributed by atoms with van der Waals surface area (Å²) in [5.74, 6) is 1.19. The van der Waals surface area contributed by atoms with Gasteiger partial charge in [-0.1, -0.05) is 33.6 Å². The van der Waals surface area contributed by atoms with Crippen molar-refractivity contribution in [3.8, 4) is 0 Å². The second kappa shape index (κ2) is 4.26. The number of hydrogen-bond acceptors (Lipinski definition) is 1. The van der Waals surface area contributed by atoms with E-state index < -0.39 is 0 Å². The molecule has 0 aromatic carbocycles. The lowest BCUT2D eigenvalue weighted by Gasteiger charge is -2.29. The Hall–Kier alpha value is -0.330. The SMILES string of the molecule is CCCC1CCC(=O)C1(C)CCC. The molecule has 76 valence electrons. The third-order valence-electron chi connectivity index (χ3n) is 3.66. The molecule has 0 aromatic rings. The van der Waals surface area contributed by atoms with Crippen molar-refractivity contribution in [2.24, 2.45) is 11.3 Å². The number of rotatable bonds is 4. The van der Waals surface area contributed by atoms with Crippen LogP contribution in [-0.4, -0.2) is 5.78 Å². The summed E-state index contributed by atoms with van der Waals surface area (Å²) in [5.41, 5.74) is 0.0325. The van der Waals surface area contributed by atoms with Gasteiger partial charge in [-0.05, 0) is 25.2 Å². The van der Waals surface area contributed by atoms with E-state index in [0.717, 1.165) is 25.7 Å². The first kappa shape index (κ1) is 10.7. The molecule has 0 N–H and O–H groups in total. The van der Waals surface area contributed by atoms with Crippen molar-refractivity contribution in [3.63, 3.8) is 0 Å². The third kappa shape index (κ3) is 1.95. The van der Waals surface area contributed by atoms with Gasteiger partial charge in [-0.3, -0.25) is 4.79 Å². The van der Waals surface area contributed by atoms with Crippen molar-refractivity contribution in [1.29, 1.82) is 0 Å². The van der Waals surface area contributed by atoms with Crippen molar-refractivity contribution in [3.05, 3.63) is 0 Å². The second-order valence-electron chi connectivity index (χ2n) is 4.61. The maximum atomic E-state index is 11.8. The van der Waals surface area contributed by atoms with Crippen LogP contribution in [0.2, 0.25) is 0 Å². The summed E-state index contributed by atoms with van der Waals surface area (Å²) in [7, 11) is 0. The highest BCUT2D eigenvalue weighted by Gasteiger charge is 2.43. The Morgan fingerprint density at radius 2 is 2.08 bits per heavy atom.